The molecule has 18 heteroatoms. The van der Waals surface area contributed by atoms with E-state index in [2.05, 4.69) is 9.97 Å². The fraction of sp³-hybridized carbons (Fsp3) is 0.231. The average Bonchev–Trinajstić information content (AvgIpc) is 3.36. The van der Waals surface area contributed by atoms with Gasteiger partial charge in [0, 0.05) is 29.0 Å². The van der Waals surface area contributed by atoms with Gasteiger partial charge in [-0.05, 0) is 37.3 Å². The number of benzene rings is 2. The number of halogens is 3. The number of carboxylic acid groups (broad SMARTS) is 2. The van der Waals surface area contributed by atoms with Crippen LogP contribution >= 0.6 is 0 Å². The molecule has 2 N–H and O–H groups in total. The van der Waals surface area contributed by atoms with Gasteiger partial charge in [0.2, 0.25) is 0 Å². The third kappa shape index (κ3) is 7.50. The third-order valence-corrected chi connectivity index (χ3v) is 8.80. The van der Waals surface area contributed by atoms with Crippen molar-refractivity contribution in [3.8, 4) is 17.2 Å². The number of para-hydroxylation sites is 2. The van der Waals surface area contributed by atoms with E-state index < -0.39 is 80.7 Å². The molecule has 0 saturated heterocycles. The van der Waals surface area contributed by atoms with Gasteiger partial charge in [-0.3, -0.25) is 4.98 Å². The van der Waals surface area contributed by atoms with Gasteiger partial charge in [-0.15, -0.1) is 0 Å². The molecule has 0 aliphatic rings. The van der Waals surface area contributed by atoms with Gasteiger partial charge in [-0.1, -0.05) is 12.1 Å². The van der Waals surface area contributed by atoms with Gasteiger partial charge in [-0.2, -0.15) is 22.1 Å². The molecular formula is C26H22F3N3O10S2. The average molecular weight is 658 g/mol. The molecule has 0 amide bonds. The van der Waals surface area contributed by atoms with Crippen molar-refractivity contribution in [3.63, 3.8) is 0 Å². The predicted molar refractivity (Wildman–Crippen MR) is 146 cm³/mol. The predicted octanol–water partition coefficient (Wildman–Crippen LogP) is 3.15. The van der Waals surface area contributed by atoms with E-state index in [0.717, 1.165) is 24.4 Å². The Morgan fingerprint density at radius 3 is 2.30 bits per heavy atom. The summed E-state index contributed by atoms with van der Waals surface area (Å²) in [5.74, 6) is -3.99. The molecule has 234 valence electrons. The zero-order valence-electron chi connectivity index (χ0n) is 22.5. The highest BCUT2D eigenvalue weighted by molar-refractivity contribution is 7.93. The molecule has 0 spiro atoms. The van der Waals surface area contributed by atoms with Crippen LogP contribution in [0.5, 0.6) is 17.2 Å². The Bertz CT molecular complexity index is 1810. The summed E-state index contributed by atoms with van der Waals surface area (Å²) >= 11 is -2.23. The van der Waals surface area contributed by atoms with Gasteiger partial charge < -0.3 is 29.0 Å². The van der Waals surface area contributed by atoms with Gasteiger partial charge >= 0.3 is 23.3 Å². The van der Waals surface area contributed by atoms with Crippen molar-refractivity contribution < 1.29 is 60.2 Å². The molecule has 0 aliphatic heterocycles. The van der Waals surface area contributed by atoms with Gasteiger partial charge in [0.25, 0.3) is 10.0 Å². The van der Waals surface area contributed by atoms with Crippen LogP contribution in [-0.2, 0) is 36.5 Å². The maximum Gasteiger partial charge on any atom is 0.422 e. The Hall–Kier alpha value is -4.55. The van der Waals surface area contributed by atoms with Crippen molar-refractivity contribution in [2.45, 2.75) is 28.9 Å². The van der Waals surface area contributed by atoms with Crippen molar-refractivity contribution in [1.82, 2.24) is 13.9 Å². The zero-order chi connectivity index (χ0) is 32.2. The molecule has 2 aromatic heterocycles. The zero-order valence-corrected chi connectivity index (χ0v) is 24.1. The molecule has 0 aliphatic carbocycles. The van der Waals surface area contributed by atoms with Crippen LogP contribution in [0, 0.1) is 6.92 Å². The van der Waals surface area contributed by atoms with Crippen molar-refractivity contribution in [2.24, 2.45) is 0 Å². The number of hydrogen-bond donors (Lipinski definition) is 2. The SMILES string of the molecule is Cc1c(OCC(F)(F)F)ccnc1C[S+]([O-])c1nc2ccccc2n1S(=O)(=O)c1ccc(OCC(=O)O)c(OCC(=O)O)c1. The second-order valence-corrected chi connectivity index (χ2v) is 12.0. The smallest absolute Gasteiger partial charge is 0.422 e. The standard InChI is InChI=1S/C26H22F3N3O10S2/c1-15-18(30-9-8-20(15)42-14-26(27,28)29)13-43(37)25-31-17-4-2-3-5-19(17)32(25)44(38,39)16-6-7-21(40-11-23(33)34)22(10-16)41-12-24(35)36/h2-10H,11-14H2,1H3,(H,33,34)(H,35,36). The van der Waals surface area contributed by atoms with E-state index in [4.69, 9.17) is 24.4 Å². The van der Waals surface area contributed by atoms with Crippen molar-refractivity contribution >= 4 is 44.2 Å². The summed E-state index contributed by atoms with van der Waals surface area (Å²) in [4.78, 5) is 29.9. The first kappa shape index (κ1) is 32.4. The molecule has 2 aromatic carbocycles. The van der Waals surface area contributed by atoms with Crippen LogP contribution in [0.4, 0.5) is 13.2 Å². The number of alkyl halides is 3. The highest BCUT2D eigenvalue weighted by atomic mass is 32.2. The lowest BCUT2D eigenvalue weighted by atomic mass is 10.2. The van der Waals surface area contributed by atoms with E-state index in [1.807, 2.05) is 0 Å². The number of imidazole rings is 1. The molecule has 2 heterocycles. The molecular weight excluding hydrogens is 635 g/mol. The summed E-state index contributed by atoms with van der Waals surface area (Å²) in [5, 5.41) is 17.5. The lowest BCUT2D eigenvalue weighted by molar-refractivity contribution is -0.153. The minimum atomic E-state index is -4.65. The maximum absolute atomic E-state index is 14.0. The number of carbonyl (C=O) groups is 2. The Morgan fingerprint density at radius 1 is 0.977 bits per heavy atom. The van der Waals surface area contributed by atoms with E-state index >= 15 is 0 Å². The number of aromatic nitrogens is 3. The highest BCUT2D eigenvalue weighted by Gasteiger charge is 2.33. The molecule has 0 fully saturated rings. The summed E-state index contributed by atoms with van der Waals surface area (Å²) in [7, 11) is -4.65. The second-order valence-electron chi connectivity index (χ2n) is 8.90. The Labute approximate surface area is 250 Å². The highest BCUT2D eigenvalue weighted by Crippen LogP contribution is 2.34. The van der Waals surface area contributed by atoms with Crippen LogP contribution < -0.4 is 14.2 Å². The number of aliphatic carboxylic acids is 2. The lowest BCUT2D eigenvalue weighted by Gasteiger charge is -2.16. The number of nitrogens with zero attached hydrogens (tertiary/aromatic N) is 3. The van der Waals surface area contributed by atoms with E-state index in [1.54, 1.807) is 6.07 Å². The van der Waals surface area contributed by atoms with Crippen LogP contribution in [0.25, 0.3) is 11.0 Å². The topological polar surface area (TPSA) is 190 Å². The molecule has 4 aromatic rings. The molecule has 0 radical (unpaired) electrons. The second kappa shape index (κ2) is 13.0. The molecule has 1 atom stereocenters. The molecule has 1 unspecified atom stereocenters. The number of hydrogen-bond acceptors (Lipinski definition) is 10. The number of pyridine rings is 1. The molecule has 13 nitrogen and oxygen atoms in total. The normalized spacial score (nSPS) is 12.6. The summed E-state index contributed by atoms with van der Waals surface area (Å²) < 4.78 is 95.4. The van der Waals surface area contributed by atoms with Crippen molar-refractivity contribution in [1.29, 1.82) is 0 Å². The Kier molecular flexibility index (Phi) is 9.55. The van der Waals surface area contributed by atoms with E-state index in [-0.39, 0.29) is 33.8 Å². The first-order valence-electron chi connectivity index (χ1n) is 12.3. The first-order chi connectivity index (χ1) is 20.7. The van der Waals surface area contributed by atoms with Gasteiger partial charge in [0.1, 0.15) is 5.75 Å². The van der Waals surface area contributed by atoms with Crippen LogP contribution in [0.3, 0.4) is 0 Å². The molecule has 0 saturated carbocycles. The van der Waals surface area contributed by atoms with Crippen LogP contribution in [0.1, 0.15) is 11.3 Å². The summed E-state index contributed by atoms with van der Waals surface area (Å²) in [6, 6.07) is 10.2. The quantitative estimate of drug-likeness (QED) is 0.200. The number of rotatable bonds is 13. The monoisotopic (exact) mass is 657 g/mol. The summed E-state index contributed by atoms with van der Waals surface area (Å²) in [5.41, 5.74) is 0.410. The van der Waals surface area contributed by atoms with E-state index in [1.165, 1.54) is 31.2 Å². The van der Waals surface area contributed by atoms with Crippen LogP contribution in [0.2, 0.25) is 0 Å². The van der Waals surface area contributed by atoms with Crippen LogP contribution in [0.15, 0.2) is 64.8 Å². The first-order valence-corrected chi connectivity index (χ1v) is 15.0. The molecule has 44 heavy (non-hydrogen) atoms. The van der Waals surface area contributed by atoms with Gasteiger partial charge in [0.05, 0.1) is 21.6 Å². The fourth-order valence-corrected chi connectivity index (χ4v) is 6.89. The van der Waals surface area contributed by atoms with E-state index in [9.17, 15) is 35.7 Å². The lowest BCUT2D eigenvalue weighted by Crippen LogP contribution is -2.21. The third-order valence-electron chi connectivity index (χ3n) is 5.77. The van der Waals surface area contributed by atoms with Crippen molar-refractivity contribution in [2.75, 3.05) is 19.8 Å². The van der Waals surface area contributed by atoms with Crippen molar-refractivity contribution in [3.05, 3.63) is 66.0 Å². The van der Waals surface area contributed by atoms with E-state index in [0.29, 0.717) is 3.97 Å². The largest absolute Gasteiger partial charge is 0.609 e. The Balaban J connectivity index is 1.76. The van der Waals surface area contributed by atoms with Gasteiger partial charge in [0.15, 0.2) is 37.1 Å². The van der Waals surface area contributed by atoms with Gasteiger partial charge in [-0.25, -0.2) is 18.0 Å². The fourth-order valence-electron chi connectivity index (χ4n) is 3.83. The number of carboxylic acids is 2. The summed E-state index contributed by atoms with van der Waals surface area (Å²) in [6.45, 7) is -1.89. The molecule has 4 rings (SSSR count). The number of fused-ring (bicyclic) bond motifs is 1. The minimum absolute atomic E-state index is 0.0296. The Morgan fingerprint density at radius 2 is 1.64 bits per heavy atom. The number of ether oxygens (including phenoxy) is 3. The van der Waals surface area contributed by atoms with Crippen LogP contribution in [-0.4, -0.2) is 75.1 Å². The molecule has 0 bridgehead atoms. The maximum atomic E-state index is 14.0. The minimum Gasteiger partial charge on any atom is -0.609 e. The summed E-state index contributed by atoms with van der Waals surface area (Å²) in [6.07, 6.45) is -3.44.